The van der Waals surface area contributed by atoms with Crippen molar-refractivity contribution in [3.05, 3.63) is 65.5 Å². The van der Waals surface area contributed by atoms with Crippen molar-refractivity contribution in [2.75, 3.05) is 11.9 Å². The Morgan fingerprint density at radius 3 is 2.39 bits per heavy atom. The summed E-state index contributed by atoms with van der Waals surface area (Å²) in [4.78, 5) is 17.3. The highest BCUT2D eigenvalue weighted by atomic mass is 32.1. The summed E-state index contributed by atoms with van der Waals surface area (Å²) >= 11 is 1.30. The average molecular weight is 324 g/mol. The van der Waals surface area contributed by atoms with E-state index in [9.17, 15) is 4.79 Å². The van der Waals surface area contributed by atoms with Gasteiger partial charge in [-0.25, -0.2) is 9.78 Å². The fourth-order valence-electron chi connectivity index (χ4n) is 2.15. The number of carbonyl (C=O) groups excluding carboxylic acids is 1. The van der Waals surface area contributed by atoms with Crippen LogP contribution in [0.15, 0.2) is 60.7 Å². The molecule has 0 aliphatic rings. The average Bonchev–Trinajstić information content (AvgIpc) is 3.01. The molecule has 0 radical (unpaired) electrons. The van der Waals surface area contributed by atoms with E-state index in [4.69, 9.17) is 4.74 Å². The molecule has 116 valence electrons. The summed E-state index contributed by atoms with van der Waals surface area (Å²) in [6, 6.07) is 19.4. The molecule has 0 unspecified atom stereocenters. The molecular formula is C18H16N2O2S. The summed E-state index contributed by atoms with van der Waals surface area (Å²) in [7, 11) is 0. The van der Waals surface area contributed by atoms with Crippen LogP contribution >= 0.6 is 11.3 Å². The minimum Gasteiger partial charge on any atom is -0.462 e. The quantitative estimate of drug-likeness (QED) is 0.689. The van der Waals surface area contributed by atoms with Crippen LogP contribution in [-0.2, 0) is 4.74 Å². The van der Waals surface area contributed by atoms with E-state index in [1.807, 2.05) is 60.7 Å². The first-order valence-corrected chi connectivity index (χ1v) is 8.15. The number of anilines is 2. The van der Waals surface area contributed by atoms with Gasteiger partial charge in [-0.1, -0.05) is 59.9 Å². The zero-order valence-corrected chi connectivity index (χ0v) is 13.5. The normalized spacial score (nSPS) is 10.3. The van der Waals surface area contributed by atoms with Gasteiger partial charge in [0.25, 0.3) is 0 Å². The Morgan fingerprint density at radius 1 is 1.09 bits per heavy atom. The van der Waals surface area contributed by atoms with Gasteiger partial charge in [0, 0.05) is 11.3 Å². The summed E-state index contributed by atoms with van der Waals surface area (Å²) in [6.45, 7) is 2.14. The van der Waals surface area contributed by atoms with E-state index in [0.717, 1.165) is 11.3 Å². The van der Waals surface area contributed by atoms with Gasteiger partial charge >= 0.3 is 5.97 Å². The first-order valence-electron chi connectivity index (χ1n) is 7.33. The predicted octanol–water partition coefficient (Wildman–Crippen LogP) is 4.73. The molecule has 4 nitrogen and oxygen atoms in total. The molecule has 2 aromatic carbocycles. The molecule has 5 heteroatoms. The molecule has 0 aliphatic heterocycles. The highest BCUT2D eigenvalue weighted by Gasteiger charge is 2.20. The predicted molar refractivity (Wildman–Crippen MR) is 93.2 cm³/mol. The molecule has 23 heavy (non-hydrogen) atoms. The molecule has 1 N–H and O–H groups in total. The van der Waals surface area contributed by atoms with E-state index < -0.39 is 0 Å². The Hall–Kier alpha value is -2.66. The Bertz CT molecular complexity index is 785. The second-order valence-corrected chi connectivity index (χ2v) is 5.77. The molecule has 1 heterocycles. The maximum absolute atomic E-state index is 12.2. The summed E-state index contributed by atoms with van der Waals surface area (Å²) in [6.07, 6.45) is 0. The van der Waals surface area contributed by atoms with Crippen molar-refractivity contribution in [1.82, 2.24) is 4.98 Å². The molecule has 3 rings (SSSR count). The monoisotopic (exact) mass is 324 g/mol. The number of rotatable bonds is 5. The lowest BCUT2D eigenvalue weighted by atomic mass is 10.1. The van der Waals surface area contributed by atoms with Gasteiger partial charge in [0.15, 0.2) is 5.13 Å². The van der Waals surface area contributed by atoms with Crippen LogP contribution in [-0.4, -0.2) is 17.6 Å². The molecule has 1 aromatic heterocycles. The third-order valence-corrected chi connectivity index (χ3v) is 4.11. The van der Waals surface area contributed by atoms with Gasteiger partial charge in [0.05, 0.1) is 12.3 Å². The summed E-state index contributed by atoms with van der Waals surface area (Å²) in [5.74, 6) is -0.343. The van der Waals surface area contributed by atoms with E-state index in [1.54, 1.807) is 6.92 Å². The molecular weight excluding hydrogens is 308 g/mol. The SMILES string of the molecule is CCOC(=O)c1sc(Nc2ccccc2)nc1-c1ccccc1. The molecule has 0 atom stereocenters. The van der Waals surface area contributed by atoms with Gasteiger partial charge in [-0.05, 0) is 19.1 Å². The second kappa shape index (κ2) is 7.07. The minimum absolute atomic E-state index is 0.340. The van der Waals surface area contributed by atoms with Crippen LogP contribution in [0.5, 0.6) is 0 Å². The number of ether oxygens (including phenoxy) is 1. The second-order valence-electron chi connectivity index (χ2n) is 4.77. The number of aromatic nitrogens is 1. The third kappa shape index (κ3) is 3.57. The highest BCUT2D eigenvalue weighted by Crippen LogP contribution is 2.33. The van der Waals surface area contributed by atoms with E-state index >= 15 is 0 Å². The molecule has 0 fully saturated rings. The number of hydrogen-bond donors (Lipinski definition) is 1. The Kier molecular flexibility index (Phi) is 4.68. The minimum atomic E-state index is -0.343. The van der Waals surface area contributed by atoms with E-state index in [2.05, 4.69) is 10.3 Å². The number of esters is 1. The molecule has 0 spiro atoms. The van der Waals surface area contributed by atoms with Crippen molar-refractivity contribution in [2.24, 2.45) is 0 Å². The molecule has 0 saturated carbocycles. The van der Waals surface area contributed by atoms with E-state index in [1.165, 1.54) is 11.3 Å². The molecule has 3 aromatic rings. The maximum Gasteiger partial charge on any atom is 0.350 e. The van der Waals surface area contributed by atoms with Crippen molar-refractivity contribution < 1.29 is 9.53 Å². The van der Waals surface area contributed by atoms with Crippen LogP contribution in [0.25, 0.3) is 11.3 Å². The number of nitrogens with zero attached hydrogens (tertiary/aromatic N) is 1. The molecule has 0 amide bonds. The van der Waals surface area contributed by atoms with Crippen LogP contribution in [0.4, 0.5) is 10.8 Å². The lowest BCUT2D eigenvalue weighted by Crippen LogP contribution is -2.03. The standard InChI is InChI=1S/C18H16N2O2S/c1-2-22-17(21)16-15(13-9-5-3-6-10-13)20-18(23-16)19-14-11-7-4-8-12-14/h3-12H,2H2,1H3,(H,19,20). The Labute approximate surface area is 138 Å². The van der Waals surface area contributed by atoms with Crippen molar-refractivity contribution >= 4 is 28.1 Å². The van der Waals surface area contributed by atoms with Crippen molar-refractivity contribution in [1.29, 1.82) is 0 Å². The van der Waals surface area contributed by atoms with Gasteiger partial charge in [-0.2, -0.15) is 0 Å². The number of para-hydroxylation sites is 1. The number of carbonyl (C=O) groups is 1. The zero-order chi connectivity index (χ0) is 16.1. The Balaban J connectivity index is 1.98. The van der Waals surface area contributed by atoms with Crippen molar-refractivity contribution in [3.8, 4) is 11.3 Å². The van der Waals surface area contributed by atoms with Gasteiger partial charge in [-0.15, -0.1) is 0 Å². The van der Waals surface area contributed by atoms with Crippen LogP contribution in [0.2, 0.25) is 0 Å². The largest absolute Gasteiger partial charge is 0.462 e. The molecule has 0 aliphatic carbocycles. The highest BCUT2D eigenvalue weighted by molar-refractivity contribution is 7.18. The number of hydrogen-bond acceptors (Lipinski definition) is 5. The number of thiazole rings is 1. The summed E-state index contributed by atoms with van der Waals surface area (Å²) in [5, 5.41) is 3.90. The van der Waals surface area contributed by atoms with Crippen LogP contribution in [0.1, 0.15) is 16.6 Å². The van der Waals surface area contributed by atoms with Gasteiger partial charge in [0.1, 0.15) is 4.88 Å². The maximum atomic E-state index is 12.2. The van der Waals surface area contributed by atoms with Crippen LogP contribution < -0.4 is 5.32 Å². The molecule has 0 saturated heterocycles. The fourth-order valence-corrected chi connectivity index (χ4v) is 3.05. The third-order valence-electron chi connectivity index (χ3n) is 3.16. The Morgan fingerprint density at radius 2 is 1.74 bits per heavy atom. The van der Waals surface area contributed by atoms with Crippen molar-refractivity contribution in [2.45, 2.75) is 6.92 Å². The van der Waals surface area contributed by atoms with Gasteiger partial charge < -0.3 is 10.1 Å². The summed E-state index contributed by atoms with van der Waals surface area (Å²) in [5.41, 5.74) is 2.47. The first kappa shape index (κ1) is 15.2. The van der Waals surface area contributed by atoms with Gasteiger partial charge in [0.2, 0.25) is 0 Å². The fraction of sp³-hybridized carbons (Fsp3) is 0.111. The van der Waals surface area contributed by atoms with Crippen molar-refractivity contribution in [3.63, 3.8) is 0 Å². The lowest BCUT2D eigenvalue weighted by molar-refractivity contribution is 0.0532. The number of nitrogens with one attached hydrogen (secondary N) is 1. The number of benzene rings is 2. The zero-order valence-electron chi connectivity index (χ0n) is 12.7. The van der Waals surface area contributed by atoms with Gasteiger partial charge in [-0.3, -0.25) is 0 Å². The van der Waals surface area contributed by atoms with Crippen LogP contribution in [0.3, 0.4) is 0 Å². The topological polar surface area (TPSA) is 51.2 Å². The first-order chi connectivity index (χ1) is 11.3. The van der Waals surface area contributed by atoms with E-state index in [0.29, 0.717) is 22.3 Å². The summed E-state index contributed by atoms with van der Waals surface area (Å²) < 4.78 is 5.16. The van der Waals surface area contributed by atoms with E-state index in [-0.39, 0.29) is 5.97 Å². The molecule has 0 bridgehead atoms. The van der Waals surface area contributed by atoms with Crippen LogP contribution in [0, 0.1) is 0 Å². The smallest absolute Gasteiger partial charge is 0.350 e. The lowest BCUT2D eigenvalue weighted by Gasteiger charge is -2.01.